The third kappa shape index (κ3) is 3.56. The van der Waals surface area contributed by atoms with Crippen LogP contribution in [0.5, 0.6) is 0 Å². The second-order valence-corrected chi connectivity index (χ2v) is 9.05. The number of benzene rings is 1. The maximum absolute atomic E-state index is 4.84. The molecule has 3 aromatic rings. The molecule has 142 valence electrons. The Bertz CT molecular complexity index is 917. The Balaban J connectivity index is 1.85. The number of nitrogens with zero attached hydrogens (tertiary/aromatic N) is 3. The minimum atomic E-state index is 0.0742. The average Bonchev–Trinajstić information content (AvgIpc) is 3.18. The number of piperidine rings is 1. The number of aromatic amines is 1. The van der Waals surface area contributed by atoms with Gasteiger partial charge in [-0.25, -0.2) is 9.97 Å². The van der Waals surface area contributed by atoms with Crippen LogP contribution in [0.1, 0.15) is 52.4 Å². The zero-order valence-corrected chi connectivity index (χ0v) is 16.9. The molecule has 0 aliphatic carbocycles. The van der Waals surface area contributed by atoms with E-state index in [2.05, 4.69) is 71.8 Å². The van der Waals surface area contributed by atoms with Crippen LogP contribution in [0.15, 0.2) is 42.9 Å². The first kappa shape index (κ1) is 18.0. The first-order chi connectivity index (χ1) is 12.7. The maximum Gasteiger partial charge on any atom is 0.103 e. The van der Waals surface area contributed by atoms with E-state index in [0.717, 1.165) is 41.3 Å². The molecule has 4 rings (SSSR count). The zero-order chi connectivity index (χ0) is 19.2. The number of H-pyrrole nitrogens is 1. The number of nitrogens with one attached hydrogen (secondary N) is 2. The topological polar surface area (TPSA) is 58.5 Å². The van der Waals surface area contributed by atoms with Crippen LogP contribution in [0.25, 0.3) is 22.6 Å². The van der Waals surface area contributed by atoms with Gasteiger partial charge in [0.2, 0.25) is 0 Å². The van der Waals surface area contributed by atoms with Gasteiger partial charge in [0.1, 0.15) is 5.82 Å². The normalized spacial score (nSPS) is 19.3. The summed E-state index contributed by atoms with van der Waals surface area (Å²) in [6.07, 6.45) is 6.05. The summed E-state index contributed by atoms with van der Waals surface area (Å²) in [7, 11) is 0. The van der Waals surface area contributed by atoms with Crippen molar-refractivity contribution in [3.63, 3.8) is 0 Å². The molecule has 1 fully saturated rings. The Hall–Kier alpha value is -2.40. The molecule has 5 heteroatoms. The summed E-state index contributed by atoms with van der Waals surface area (Å²) in [4.78, 5) is 12.7. The molecule has 0 spiro atoms. The fourth-order valence-corrected chi connectivity index (χ4v) is 4.72. The molecule has 1 aliphatic heterocycles. The largest absolute Gasteiger partial charge is 0.341 e. The van der Waals surface area contributed by atoms with E-state index in [1.165, 1.54) is 0 Å². The predicted octanol–water partition coefficient (Wildman–Crippen LogP) is 4.73. The van der Waals surface area contributed by atoms with Gasteiger partial charge in [-0.2, -0.15) is 0 Å². The number of rotatable bonds is 3. The van der Waals surface area contributed by atoms with Crippen molar-refractivity contribution in [2.75, 3.05) is 0 Å². The Kier molecular flexibility index (Phi) is 4.22. The lowest BCUT2D eigenvalue weighted by atomic mass is 9.79. The minimum Gasteiger partial charge on any atom is -0.341 e. The Morgan fingerprint density at radius 2 is 1.67 bits per heavy atom. The number of hydrogen-bond donors (Lipinski definition) is 2. The highest BCUT2D eigenvalue weighted by Crippen LogP contribution is 2.40. The van der Waals surface area contributed by atoms with E-state index in [4.69, 9.17) is 4.98 Å². The second-order valence-electron chi connectivity index (χ2n) is 9.05. The van der Waals surface area contributed by atoms with E-state index in [1.807, 2.05) is 25.5 Å². The molecule has 0 atom stereocenters. The predicted molar refractivity (Wildman–Crippen MR) is 110 cm³/mol. The molecule has 2 N–H and O–H groups in total. The average molecular weight is 364 g/mol. The van der Waals surface area contributed by atoms with E-state index in [0.29, 0.717) is 6.04 Å². The molecule has 0 radical (unpaired) electrons. The number of aryl methyl sites for hydroxylation is 1. The highest BCUT2D eigenvalue weighted by molar-refractivity contribution is 5.76. The summed E-state index contributed by atoms with van der Waals surface area (Å²) in [6.45, 7) is 11.1. The molecular weight excluding hydrogens is 334 g/mol. The lowest BCUT2D eigenvalue weighted by Gasteiger charge is -2.47. The summed E-state index contributed by atoms with van der Waals surface area (Å²) >= 11 is 0. The van der Waals surface area contributed by atoms with Gasteiger partial charge in [-0.15, -0.1) is 0 Å². The molecule has 2 aromatic heterocycles. The Labute approximate surface area is 161 Å². The van der Waals surface area contributed by atoms with Gasteiger partial charge in [-0.05, 0) is 47.5 Å². The van der Waals surface area contributed by atoms with Gasteiger partial charge in [0, 0.05) is 22.7 Å². The molecule has 0 saturated carbocycles. The molecule has 0 bridgehead atoms. The number of imidazole rings is 2. The van der Waals surface area contributed by atoms with Gasteiger partial charge in [0.05, 0.1) is 29.6 Å². The molecule has 0 unspecified atom stereocenters. The molecule has 5 nitrogen and oxygen atoms in total. The van der Waals surface area contributed by atoms with Gasteiger partial charge < -0.3 is 14.9 Å². The lowest BCUT2D eigenvalue weighted by molar-refractivity contribution is 0.133. The van der Waals surface area contributed by atoms with Crippen molar-refractivity contribution < 1.29 is 0 Å². The van der Waals surface area contributed by atoms with E-state index in [-0.39, 0.29) is 11.1 Å². The number of aromatic nitrogens is 4. The van der Waals surface area contributed by atoms with Crippen LogP contribution < -0.4 is 5.32 Å². The highest BCUT2D eigenvalue weighted by Gasteiger charge is 2.39. The van der Waals surface area contributed by atoms with E-state index < -0.39 is 0 Å². The summed E-state index contributed by atoms with van der Waals surface area (Å²) in [5.41, 5.74) is 4.44. The second kappa shape index (κ2) is 6.34. The molecule has 1 aromatic carbocycles. The minimum absolute atomic E-state index is 0.0742. The van der Waals surface area contributed by atoms with Crippen molar-refractivity contribution in [2.45, 2.75) is 64.6 Å². The summed E-state index contributed by atoms with van der Waals surface area (Å²) < 4.78 is 2.36. The van der Waals surface area contributed by atoms with Crippen LogP contribution in [-0.4, -0.2) is 30.6 Å². The lowest BCUT2D eigenvalue weighted by Crippen LogP contribution is -2.57. The maximum atomic E-state index is 4.84. The fourth-order valence-electron chi connectivity index (χ4n) is 4.72. The summed E-state index contributed by atoms with van der Waals surface area (Å²) in [5, 5.41) is 3.78. The molecular formula is C22H29N5. The molecule has 3 heterocycles. The Morgan fingerprint density at radius 1 is 1.00 bits per heavy atom. The van der Waals surface area contributed by atoms with Crippen molar-refractivity contribution >= 4 is 0 Å². The zero-order valence-electron chi connectivity index (χ0n) is 16.9. The first-order valence-electron chi connectivity index (χ1n) is 9.68. The first-order valence-corrected chi connectivity index (χ1v) is 9.68. The molecule has 0 amide bonds. The van der Waals surface area contributed by atoms with Gasteiger partial charge >= 0.3 is 0 Å². The van der Waals surface area contributed by atoms with Crippen LogP contribution in [-0.2, 0) is 0 Å². The molecule has 1 saturated heterocycles. The molecule has 27 heavy (non-hydrogen) atoms. The van der Waals surface area contributed by atoms with Crippen LogP contribution in [0, 0.1) is 6.92 Å². The highest BCUT2D eigenvalue weighted by atomic mass is 15.2. The van der Waals surface area contributed by atoms with E-state index >= 15 is 0 Å². The third-order valence-corrected chi connectivity index (χ3v) is 5.36. The van der Waals surface area contributed by atoms with Crippen molar-refractivity contribution in [3.8, 4) is 22.6 Å². The summed E-state index contributed by atoms with van der Waals surface area (Å²) in [5.74, 6) is 0.919. The van der Waals surface area contributed by atoms with E-state index in [1.54, 1.807) is 0 Å². The smallest absolute Gasteiger partial charge is 0.103 e. The number of hydrogen-bond acceptors (Lipinski definition) is 3. The van der Waals surface area contributed by atoms with Crippen molar-refractivity contribution in [2.24, 2.45) is 0 Å². The summed E-state index contributed by atoms with van der Waals surface area (Å²) in [6, 6.07) is 10.8. The standard InChI is InChI=1S/C22H29N5/c1-15-23-13-18(25-15)20-19(16-9-7-6-8-10-16)24-14-27(20)17-11-21(2,3)26-22(4,5)12-17/h6-10,13-14,17,26H,11-12H2,1-5H3,(H,23,25). The van der Waals surface area contributed by atoms with Crippen LogP contribution in [0.4, 0.5) is 0 Å². The monoisotopic (exact) mass is 363 g/mol. The van der Waals surface area contributed by atoms with Crippen molar-refractivity contribution in [3.05, 3.63) is 48.7 Å². The van der Waals surface area contributed by atoms with Crippen LogP contribution >= 0.6 is 0 Å². The Morgan fingerprint density at radius 3 is 2.26 bits per heavy atom. The fraction of sp³-hybridized carbons (Fsp3) is 0.455. The van der Waals surface area contributed by atoms with Crippen LogP contribution in [0.3, 0.4) is 0 Å². The van der Waals surface area contributed by atoms with E-state index in [9.17, 15) is 0 Å². The molecule has 1 aliphatic rings. The van der Waals surface area contributed by atoms with Crippen LogP contribution in [0.2, 0.25) is 0 Å². The van der Waals surface area contributed by atoms with Gasteiger partial charge in [0.25, 0.3) is 0 Å². The van der Waals surface area contributed by atoms with Gasteiger partial charge in [-0.3, -0.25) is 0 Å². The van der Waals surface area contributed by atoms with Crippen molar-refractivity contribution in [1.82, 2.24) is 24.8 Å². The SMILES string of the molecule is Cc1ncc(-c2c(-c3ccccc3)ncn2C2CC(C)(C)NC(C)(C)C2)[nH]1. The van der Waals surface area contributed by atoms with Gasteiger partial charge in [-0.1, -0.05) is 30.3 Å². The quantitative estimate of drug-likeness (QED) is 0.707. The third-order valence-electron chi connectivity index (χ3n) is 5.36. The van der Waals surface area contributed by atoms with Gasteiger partial charge in [0.15, 0.2) is 0 Å². The van der Waals surface area contributed by atoms with Crippen molar-refractivity contribution in [1.29, 1.82) is 0 Å².